The fraction of sp³-hybridized carbons (Fsp3) is 0. The summed E-state index contributed by atoms with van der Waals surface area (Å²) in [5.41, 5.74) is 0. The molecule has 0 rings (SSSR count). The quantitative estimate of drug-likeness (QED) is 0.286. The maximum atomic E-state index is 8.55. The fourth-order valence-corrected chi connectivity index (χ4v) is 0. The van der Waals surface area contributed by atoms with Crippen LogP contribution in [0.3, 0.4) is 0 Å². The Bertz CT molecular complexity index is 62.2. The van der Waals surface area contributed by atoms with Gasteiger partial charge < -0.3 is 19.2 Å². The fourth-order valence-electron chi connectivity index (χ4n) is 0. The topological polar surface area (TPSA) is 86.2 Å². The van der Waals surface area contributed by atoms with Gasteiger partial charge in [0.1, 0.15) is 0 Å². The zero-order chi connectivity index (χ0) is 4.50. The summed E-state index contributed by atoms with van der Waals surface area (Å²) in [5, 5.41) is 0. The Hall–Kier alpha value is 1.55. The molecule has 0 heterocycles. The summed E-state index contributed by atoms with van der Waals surface area (Å²) in [4.78, 5) is 25.6. The molecule has 8 heteroatoms. The second kappa shape index (κ2) is 8.55. The van der Waals surface area contributed by atoms with E-state index in [1.165, 1.54) is 0 Å². The van der Waals surface area contributed by atoms with E-state index in [-0.39, 0.29) is 51.0 Å². The van der Waals surface area contributed by atoms with Gasteiger partial charge in [0.25, 0.3) is 0 Å². The van der Waals surface area contributed by atoms with E-state index in [4.69, 9.17) is 19.2 Å². The minimum Gasteiger partial charge on any atom is -0.822 e. The maximum absolute atomic E-state index is 8.55. The monoisotopic (exact) mass is 197 g/mol. The van der Waals surface area contributed by atoms with E-state index in [1.807, 2.05) is 0 Å². The zero-order valence-electron chi connectivity index (χ0n) is 3.82. The molecule has 0 aromatic rings. The van der Waals surface area contributed by atoms with Gasteiger partial charge in [-0.1, -0.05) is 0 Å². The number of hydrogen-bond acceptors (Lipinski definition) is 4. The standard InChI is InChI=1S/Co.FH.Na.H3O4P/c;;;1-5(2,3)4/h;1H;;(H3,1,2,3,4)/q+2;;+1;/p-3. The first-order valence-electron chi connectivity index (χ1n) is 0.730. The molecule has 0 aromatic carbocycles. The van der Waals surface area contributed by atoms with E-state index >= 15 is 0 Å². The molecule has 0 aliphatic heterocycles. The number of halogens is 1. The third-order valence-electron chi connectivity index (χ3n) is 0. The Labute approximate surface area is 77.8 Å². The van der Waals surface area contributed by atoms with Crippen molar-refractivity contribution in [2.24, 2.45) is 0 Å². The summed E-state index contributed by atoms with van der Waals surface area (Å²) in [7, 11) is -5.39. The van der Waals surface area contributed by atoms with E-state index in [2.05, 4.69) is 0 Å². The molecule has 8 heavy (non-hydrogen) atoms. The third-order valence-corrected chi connectivity index (χ3v) is 0. The van der Waals surface area contributed by atoms with Crippen molar-refractivity contribution in [1.82, 2.24) is 0 Å². The van der Waals surface area contributed by atoms with E-state index < -0.39 is 7.82 Å². The van der Waals surface area contributed by atoms with Gasteiger partial charge >= 0.3 is 46.3 Å². The van der Waals surface area contributed by atoms with E-state index in [0.717, 1.165) is 0 Å². The predicted molar refractivity (Wildman–Crippen MR) is 10.1 cm³/mol. The molecule has 0 atom stereocenters. The van der Waals surface area contributed by atoms with Crippen molar-refractivity contribution in [1.29, 1.82) is 0 Å². The Morgan fingerprint density at radius 2 is 1.12 bits per heavy atom. The molecule has 1 radical (unpaired) electrons. The van der Waals surface area contributed by atoms with Crippen LogP contribution < -0.4 is 44.2 Å². The molecule has 0 saturated heterocycles. The van der Waals surface area contributed by atoms with Crippen molar-refractivity contribution in [3.63, 3.8) is 0 Å². The molecule has 4 nitrogen and oxygen atoms in total. The molecule has 0 saturated carbocycles. The molecule has 0 N–H and O–H groups in total. The zero-order valence-corrected chi connectivity index (χ0v) is 7.76. The first-order chi connectivity index (χ1) is 2.00. The van der Waals surface area contributed by atoms with Crippen LogP contribution >= 0.6 is 7.82 Å². The van der Waals surface area contributed by atoms with Gasteiger partial charge in [0.2, 0.25) is 0 Å². The summed E-state index contributed by atoms with van der Waals surface area (Å²) in [5.74, 6) is 0. The Morgan fingerprint density at radius 3 is 1.12 bits per heavy atom. The number of phosphoric acid groups is 1. The van der Waals surface area contributed by atoms with Crippen LogP contribution in [-0.4, -0.2) is 0 Å². The van der Waals surface area contributed by atoms with Gasteiger partial charge in [-0.05, 0) is 0 Å². The van der Waals surface area contributed by atoms with Crippen molar-refractivity contribution in [3.05, 3.63) is 0 Å². The van der Waals surface area contributed by atoms with E-state index in [0.29, 0.717) is 0 Å². The third kappa shape index (κ3) is 135. The van der Waals surface area contributed by atoms with Crippen molar-refractivity contribution in [2.75, 3.05) is 0 Å². The summed E-state index contributed by atoms with van der Waals surface area (Å²) in [6, 6.07) is 0. The molecule has 0 aromatic heterocycles. The van der Waals surface area contributed by atoms with Gasteiger partial charge in [-0.25, -0.2) is 0 Å². The van der Waals surface area contributed by atoms with Gasteiger partial charge in [0.15, 0.2) is 0 Å². The van der Waals surface area contributed by atoms with Gasteiger partial charge in [0.05, 0.1) is 0 Å². The molecule has 0 unspecified atom stereocenters. The van der Waals surface area contributed by atoms with Gasteiger partial charge in [-0.3, -0.25) is 4.70 Å². The molecular weight excluding hydrogens is 196 g/mol. The minimum absolute atomic E-state index is 0. The first kappa shape index (κ1) is 22.7. The van der Waals surface area contributed by atoms with E-state index in [9.17, 15) is 0 Å². The van der Waals surface area contributed by atoms with Crippen molar-refractivity contribution >= 4 is 7.82 Å². The van der Waals surface area contributed by atoms with Crippen LogP contribution in [0.25, 0.3) is 0 Å². The molecular formula is HCoFNaO4P. The number of rotatable bonds is 0. The predicted octanol–water partition coefficient (Wildman–Crippen LogP) is -5.67. The van der Waals surface area contributed by atoms with Crippen molar-refractivity contribution in [2.45, 2.75) is 0 Å². The first-order valence-corrected chi connectivity index (χ1v) is 2.19. The molecule has 0 bridgehead atoms. The van der Waals surface area contributed by atoms with Crippen LogP contribution in [0.15, 0.2) is 0 Å². The summed E-state index contributed by atoms with van der Waals surface area (Å²) >= 11 is 0. The van der Waals surface area contributed by atoms with Crippen LogP contribution in [0.4, 0.5) is 4.70 Å². The van der Waals surface area contributed by atoms with Crippen LogP contribution in [0.2, 0.25) is 0 Å². The maximum Gasteiger partial charge on any atom is 2.00 e. The molecule has 0 aliphatic rings. The smallest absolute Gasteiger partial charge is 0.822 e. The largest absolute Gasteiger partial charge is 2.00 e. The second-order valence-electron chi connectivity index (χ2n) is 0.447. The van der Waals surface area contributed by atoms with Crippen molar-refractivity contribution in [3.8, 4) is 0 Å². The van der Waals surface area contributed by atoms with Gasteiger partial charge in [0, 0.05) is 0 Å². The minimum atomic E-state index is -5.39. The molecule has 47 valence electrons. The molecule has 0 aliphatic carbocycles. The molecule has 0 fully saturated rings. The summed E-state index contributed by atoms with van der Waals surface area (Å²) < 4.78 is 8.55. The van der Waals surface area contributed by atoms with Crippen LogP contribution in [-0.2, 0) is 21.3 Å². The molecule has 0 amide bonds. The summed E-state index contributed by atoms with van der Waals surface area (Å²) in [6.45, 7) is 0. The number of hydrogen-bond donors (Lipinski definition) is 0. The van der Waals surface area contributed by atoms with Gasteiger partial charge in [-0.15, -0.1) is 0 Å². The van der Waals surface area contributed by atoms with Gasteiger partial charge in [-0.2, -0.15) is 7.82 Å². The Balaban J connectivity index is -0.0000000267. The average molecular weight is 197 g/mol. The second-order valence-corrected chi connectivity index (χ2v) is 1.34. The Kier molecular flexibility index (Phi) is 24.2. The van der Waals surface area contributed by atoms with Crippen molar-refractivity contribution < 1.29 is 70.3 Å². The molecule has 0 spiro atoms. The SMILES string of the molecule is F.O=P([O-])([O-])[O-].[Co+2].[Na+]. The van der Waals surface area contributed by atoms with Crippen LogP contribution in [0.1, 0.15) is 0 Å². The normalized spacial score (nSPS) is 7.38. The van der Waals surface area contributed by atoms with Crippen LogP contribution in [0.5, 0.6) is 0 Å². The average Bonchev–Trinajstić information content (AvgIpc) is 0.722. The Morgan fingerprint density at radius 1 is 1.12 bits per heavy atom. The van der Waals surface area contributed by atoms with Crippen LogP contribution in [0, 0.1) is 0 Å². The summed E-state index contributed by atoms with van der Waals surface area (Å²) in [6.07, 6.45) is 0. The van der Waals surface area contributed by atoms with E-state index in [1.54, 1.807) is 0 Å².